The molecule has 2 atom stereocenters. The summed E-state index contributed by atoms with van der Waals surface area (Å²) in [6.45, 7) is 0. The third kappa shape index (κ3) is 2.25. The van der Waals surface area contributed by atoms with E-state index in [1.165, 1.54) is 5.30 Å². The van der Waals surface area contributed by atoms with E-state index in [1.807, 2.05) is 18.2 Å². The predicted octanol–water partition coefficient (Wildman–Crippen LogP) is 1.91. The van der Waals surface area contributed by atoms with Crippen LogP contribution in [0.15, 0.2) is 30.3 Å². The lowest BCUT2D eigenvalue weighted by atomic mass is 10.1. The van der Waals surface area contributed by atoms with E-state index in [9.17, 15) is 4.79 Å². The minimum Gasteiger partial charge on any atom is -0.298 e. The average molecular weight is 217 g/mol. The van der Waals surface area contributed by atoms with Crippen molar-refractivity contribution in [2.24, 2.45) is 5.92 Å². The van der Waals surface area contributed by atoms with Crippen molar-refractivity contribution in [3.63, 3.8) is 0 Å². The molecule has 76 valence electrons. The first-order valence-corrected chi connectivity index (χ1v) is 6.75. The monoisotopic (exact) mass is 217 g/mol. The molecule has 0 radical (unpaired) electrons. The first-order valence-electron chi connectivity index (χ1n) is 5.03. The van der Waals surface area contributed by atoms with Crippen molar-refractivity contribution in [1.29, 1.82) is 5.26 Å². The molecule has 0 N–H and O–H groups in total. The van der Waals surface area contributed by atoms with Crippen molar-refractivity contribution in [3.05, 3.63) is 30.3 Å². The molecule has 0 saturated carbocycles. The minimum atomic E-state index is -0.356. The van der Waals surface area contributed by atoms with Crippen LogP contribution < -0.4 is 5.30 Å². The van der Waals surface area contributed by atoms with Crippen LogP contribution in [0.25, 0.3) is 0 Å². The molecular weight excluding hydrogens is 205 g/mol. The van der Waals surface area contributed by atoms with Gasteiger partial charge in [-0.25, -0.2) is 0 Å². The van der Waals surface area contributed by atoms with Crippen LogP contribution in [0.2, 0.25) is 0 Å². The summed E-state index contributed by atoms with van der Waals surface area (Å²) >= 11 is 0. The lowest BCUT2D eigenvalue weighted by molar-refractivity contribution is -0.120. The first-order chi connectivity index (χ1) is 7.31. The van der Waals surface area contributed by atoms with E-state index in [1.54, 1.807) is 0 Å². The molecular formula is C12H12NOP. The first kappa shape index (κ1) is 10.3. The van der Waals surface area contributed by atoms with Crippen LogP contribution in [-0.4, -0.2) is 18.1 Å². The van der Waals surface area contributed by atoms with Crippen LogP contribution in [0.5, 0.6) is 0 Å². The molecule has 1 aromatic rings. The fraction of sp³-hybridized carbons (Fsp3) is 0.333. The standard InChI is InChI=1S/C12H12NOP/c13-8-10-9-15(7-6-12(10)14)11-4-2-1-3-5-11/h1-5,10H,6-7,9H2. The molecule has 15 heavy (non-hydrogen) atoms. The molecule has 3 heteroatoms. The lowest BCUT2D eigenvalue weighted by Gasteiger charge is -2.24. The molecule has 0 amide bonds. The summed E-state index contributed by atoms with van der Waals surface area (Å²) in [7, 11) is -0.282. The highest BCUT2D eigenvalue weighted by Crippen LogP contribution is 2.41. The maximum absolute atomic E-state index is 11.4. The lowest BCUT2D eigenvalue weighted by Crippen LogP contribution is -2.25. The predicted molar refractivity (Wildman–Crippen MR) is 61.5 cm³/mol. The van der Waals surface area contributed by atoms with E-state index >= 15 is 0 Å². The van der Waals surface area contributed by atoms with Gasteiger partial charge in [-0.3, -0.25) is 4.79 Å². The van der Waals surface area contributed by atoms with Crippen LogP contribution in [-0.2, 0) is 4.79 Å². The van der Waals surface area contributed by atoms with Crippen LogP contribution in [0.3, 0.4) is 0 Å². The van der Waals surface area contributed by atoms with Gasteiger partial charge < -0.3 is 0 Å². The van der Waals surface area contributed by atoms with E-state index in [2.05, 4.69) is 18.2 Å². The summed E-state index contributed by atoms with van der Waals surface area (Å²) in [4.78, 5) is 11.4. The van der Waals surface area contributed by atoms with Gasteiger partial charge in [0, 0.05) is 6.42 Å². The van der Waals surface area contributed by atoms with Gasteiger partial charge >= 0.3 is 0 Å². The van der Waals surface area contributed by atoms with Gasteiger partial charge in [-0.1, -0.05) is 38.3 Å². The molecule has 0 bridgehead atoms. The Hall–Kier alpha value is -1.19. The van der Waals surface area contributed by atoms with Crippen molar-refractivity contribution in [2.45, 2.75) is 6.42 Å². The second kappa shape index (κ2) is 4.55. The second-order valence-corrected chi connectivity index (χ2v) is 6.09. The summed E-state index contributed by atoms with van der Waals surface area (Å²) < 4.78 is 0. The summed E-state index contributed by atoms with van der Waals surface area (Å²) in [6, 6.07) is 12.4. The fourth-order valence-corrected chi connectivity index (χ4v) is 4.28. The smallest absolute Gasteiger partial charge is 0.150 e. The Morgan fingerprint density at radius 2 is 2.07 bits per heavy atom. The van der Waals surface area contributed by atoms with Gasteiger partial charge in [0.2, 0.25) is 0 Å². The summed E-state index contributed by atoms with van der Waals surface area (Å²) in [5, 5.41) is 10.2. The molecule has 2 nitrogen and oxygen atoms in total. The molecule has 2 rings (SSSR count). The Kier molecular flexibility index (Phi) is 3.14. The Balaban J connectivity index is 2.14. The van der Waals surface area contributed by atoms with Crippen LogP contribution in [0.4, 0.5) is 0 Å². The summed E-state index contributed by atoms with van der Waals surface area (Å²) in [6.07, 6.45) is 2.30. The molecule has 1 aliphatic rings. The number of carbonyl (C=O) groups excluding carboxylic acids is 1. The van der Waals surface area contributed by atoms with Crippen molar-refractivity contribution in [2.75, 3.05) is 12.3 Å². The van der Waals surface area contributed by atoms with Crippen molar-refractivity contribution in [1.82, 2.24) is 0 Å². The number of ketones is 1. The fourth-order valence-electron chi connectivity index (χ4n) is 1.82. The van der Waals surface area contributed by atoms with Gasteiger partial charge in [-0.05, 0) is 17.6 Å². The molecule has 0 spiro atoms. The summed E-state index contributed by atoms with van der Waals surface area (Å²) in [5.74, 6) is -0.225. The average Bonchev–Trinajstić information content (AvgIpc) is 2.31. The van der Waals surface area contributed by atoms with Gasteiger partial charge in [0.1, 0.15) is 5.92 Å². The van der Waals surface area contributed by atoms with Gasteiger partial charge in [0.15, 0.2) is 5.78 Å². The molecule has 1 aromatic carbocycles. The zero-order valence-corrected chi connectivity index (χ0v) is 9.28. The van der Waals surface area contributed by atoms with E-state index in [4.69, 9.17) is 5.26 Å². The van der Waals surface area contributed by atoms with E-state index in [0.29, 0.717) is 6.42 Å². The number of hydrogen-bond acceptors (Lipinski definition) is 2. The quantitative estimate of drug-likeness (QED) is 0.674. The zero-order chi connectivity index (χ0) is 10.7. The number of Topliss-reactive ketones (excluding diaryl/α,β-unsaturated/α-hetero) is 1. The van der Waals surface area contributed by atoms with Gasteiger partial charge in [-0.15, -0.1) is 0 Å². The molecule has 0 aromatic heterocycles. The Bertz CT molecular complexity index is 396. The van der Waals surface area contributed by atoms with Gasteiger partial charge in [0.05, 0.1) is 6.07 Å². The molecule has 0 aliphatic carbocycles. The maximum Gasteiger partial charge on any atom is 0.150 e. The third-order valence-electron chi connectivity index (χ3n) is 2.70. The Morgan fingerprint density at radius 1 is 1.33 bits per heavy atom. The number of carbonyl (C=O) groups is 1. The van der Waals surface area contributed by atoms with Crippen molar-refractivity contribution >= 4 is 19.0 Å². The zero-order valence-electron chi connectivity index (χ0n) is 8.39. The highest BCUT2D eigenvalue weighted by molar-refractivity contribution is 7.65. The number of nitrogens with zero attached hydrogens (tertiary/aromatic N) is 1. The second-order valence-electron chi connectivity index (χ2n) is 3.68. The highest BCUT2D eigenvalue weighted by Gasteiger charge is 2.28. The number of hydrogen-bond donors (Lipinski definition) is 0. The van der Waals surface area contributed by atoms with Crippen molar-refractivity contribution in [3.8, 4) is 6.07 Å². The SMILES string of the molecule is N#CC1CP(c2ccccc2)CCC1=O. The largest absolute Gasteiger partial charge is 0.298 e. The third-order valence-corrected chi connectivity index (χ3v) is 5.29. The minimum absolute atomic E-state index is 0.132. The van der Waals surface area contributed by atoms with Gasteiger partial charge in [-0.2, -0.15) is 5.26 Å². The van der Waals surface area contributed by atoms with E-state index in [0.717, 1.165) is 12.3 Å². The van der Waals surface area contributed by atoms with Crippen molar-refractivity contribution < 1.29 is 4.79 Å². The molecule has 1 saturated heterocycles. The van der Waals surface area contributed by atoms with Crippen LogP contribution in [0, 0.1) is 17.2 Å². The molecule has 1 heterocycles. The van der Waals surface area contributed by atoms with Crippen LogP contribution in [0.1, 0.15) is 6.42 Å². The Labute approximate surface area is 90.7 Å². The maximum atomic E-state index is 11.4. The molecule has 1 aliphatic heterocycles. The normalized spacial score (nSPS) is 25.9. The molecule has 2 unspecified atom stereocenters. The topological polar surface area (TPSA) is 40.9 Å². The number of rotatable bonds is 1. The summed E-state index contributed by atoms with van der Waals surface area (Å²) in [5.41, 5.74) is 0. The van der Waals surface area contributed by atoms with Crippen LogP contribution >= 0.6 is 7.92 Å². The van der Waals surface area contributed by atoms with E-state index < -0.39 is 0 Å². The number of benzene rings is 1. The van der Waals surface area contributed by atoms with E-state index in [-0.39, 0.29) is 19.6 Å². The Morgan fingerprint density at radius 3 is 2.73 bits per heavy atom. The number of nitriles is 1. The highest BCUT2D eigenvalue weighted by atomic mass is 31.1. The molecule has 1 fully saturated rings. The van der Waals surface area contributed by atoms with Gasteiger partial charge in [0.25, 0.3) is 0 Å².